The van der Waals surface area contributed by atoms with Gasteiger partial charge in [0.25, 0.3) is 0 Å². The minimum atomic E-state index is -0.423. The molecule has 3 rings (SSSR count). The Bertz CT molecular complexity index is 784. The van der Waals surface area contributed by atoms with Crippen LogP contribution in [0.25, 0.3) is 11.6 Å². The molecule has 2 aromatic carbocycles. The summed E-state index contributed by atoms with van der Waals surface area (Å²) in [6.45, 7) is 1.89. The van der Waals surface area contributed by atoms with E-state index in [0.717, 1.165) is 31.6 Å². The van der Waals surface area contributed by atoms with Crippen LogP contribution in [0.5, 0.6) is 0 Å². The van der Waals surface area contributed by atoms with Crippen LogP contribution in [0, 0.1) is 23.0 Å². The molecule has 0 atom stereocenters. The smallest absolute Gasteiger partial charge is 0.132 e. The third-order valence-corrected chi connectivity index (χ3v) is 4.01. The van der Waals surface area contributed by atoms with Gasteiger partial charge in [0, 0.05) is 24.3 Å². The summed E-state index contributed by atoms with van der Waals surface area (Å²) < 4.78 is 27.6. The molecular formula is C19H16F2N2. The molecule has 23 heavy (non-hydrogen) atoms. The molecule has 1 heterocycles. The average molecular weight is 310 g/mol. The summed E-state index contributed by atoms with van der Waals surface area (Å²) in [5.74, 6) is -0.799. The van der Waals surface area contributed by atoms with Gasteiger partial charge in [-0.25, -0.2) is 8.78 Å². The quantitative estimate of drug-likeness (QED) is 0.610. The van der Waals surface area contributed by atoms with Gasteiger partial charge >= 0.3 is 0 Å². The van der Waals surface area contributed by atoms with E-state index in [1.54, 1.807) is 12.1 Å². The topological polar surface area (TPSA) is 27.0 Å². The van der Waals surface area contributed by atoms with E-state index in [1.807, 2.05) is 12.1 Å². The first-order chi connectivity index (χ1) is 11.2. The Balaban J connectivity index is 1.92. The van der Waals surface area contributed by atoms with Crippen LogP contribution in [-0.4, -0.2) is 13.1 Å². The van der Waals surface area contributed by atoms with Crippen molar-refractivity contribution in [1.82, 2.24) is 0 Å². The Morgan fingerprint density at radius 2 is 1.87 bits per heavy atom. The largest absolute Gasteiger partial charge is 0.371 e. The SMILES string of the molecule is N#C/C(=C/c1ccc(N2CCCC2)cc1F)c1cccc(F)c1. The number of nitriles is 1. The molecule has 0 spiro atoms. The fraction of sp³-hybridized carbons (Fsp3) is 0.211. The molecule has 0 radical (unpaired) electrons. The van der Waals surface area contributed by atoms with Crippen LogP contribution in [0.2, 0.25) is 0 Å². The normalized spacial score (nSPS) is 14.8. The molecule has 4 heteroatoms. The number of allylic oxidation sites excluding steroid dienone is 1. The number of rotatable bonds is 3. The Hall–Kier alpha value is -2.67. The lowest BCUT2D eigenvalue weighted by Gasteiger charge is -2.17. The highest BCUT2D eigenvalue weighted by Crippen LogP contribution is 2.25. The standard InChI is InChI=1S/C19H16F2N2/c20-17-5-3-4-14(11-17)16(13-22)10-15-6-7-18(12-19(15)21)23-8-1-2-9-23/h3-7,10-12H,1-2,8-9H2/b16-10-. The number of anilines is 1. The van der Waals surface area contributed by atoms with E-state index in [-0.39, 0.29) is 11.4 Å². The molecule has 0 aliphatic carbocycles. The minimum Gasteiger partial charge on any atom is -0.371 e. The molecule has 1 aliphatic heterocycles. The van der Waals surface area contributed by atoms with Crippen LogP contribution in [0.4, 0.5) is 14.5 Å². The number of nitrogens with zero attached hydrogens (tertiary/aromatic N) is 2. The summed E-state index contributed by atoms with van der Waals surface area (Å²) in [5, 5.41) is 9.28. The summed E-state index contributed by atoms with van der Waals surface area (Å²) >= 11 is 0. The monoisotopic (exact) mass is 310 g/mol. The molecule has 1 saturated heterocycles. The number of halogens is 2. The lowest BCUT2D eigenvalue weighted by atomic mass is 10.0. The third kappa shape index (κ3) is 3.40. The summed E-state index contributed by atoms with van der Waals surface area (Å²) in [7, 11) is 0. The number of benzene rings is 2. The second-order valence-electron chi connectivity index (χ2n) is 5.58. The molecule has 116 valence electrons. The zero-order valence-corrected chi connectivity index (χ0v) is 12.6. The fourth-order valence-corrected chi connectivity index (χ4v) is 2.80. The van der Waals surface area contributed by atoms with Crippen LogP contribution < -0.4 is 4.90 Å². The third-order valence-electron chi connectivity index (χ3n) is 4.01. The first-order valence-corrected chi connectivity index (χ1v) is 7.59. The Labute approximate surface area is 134 Å². The van der Waals surface area contributed by atoms with Crippen LogP contribution in [0.1, 0.15) is 24.0 Å². The van der Waals surface area contributed by atoms with Crippen molar-refractivity contribution in [3.63, 3.8) is 0 Å². The molecule has 2 aromatic rings. The highest BCUT2D eigenvalue weighted by Gasteiger charge is 2.14. The van der Waals surface area contributed by atoms with Gasteiger partial charge in [0.1, 0.15) is 11.6 Å². The van der Waals surface area contributed by atoms with Gasteiger partial charge in [0.15, 0.2) is 0 Å². The van der Waals surface area contributed by atoms with Gasteiger partial charge < -0.3 is 4.90 Å². The van der Waals surface area contributed by atoms with Crippen LogP contribution >= 0.6 is 0 Å². The molecule has 1 aliphatic rings. The van der Waals surface area contributed by atoms with E-state index in [9.17, 15) is 14.0 Å². The van der Waals surface area contributed by atoms with Crippen molar-refractivity contribution in [3.05, 3.63) is 65.2 Å². The maximum atomic E-state index is 14.3. The Morgan fingerprint density at radius 1 is 1.09 bits per heavy atom. The van der Waals surface area contributed by atoms with Gasteiger partial charge in [0.05, 0.1) is 11.6 Å². The van der Waals surface area contributed by atoms with E-state index >= 15 is 0 Å². The highest BCUT2D eigenvalue weighted by atomic mass is 19.1. The highest BCUT2D eigenvalue weighted by molar-refractivity contribution is 5.89. The van der Waals surface area contributed by atoms with Crippen molar-refractivity contribution in [1.29, 1.82) is 5.26 Å². The van der Waals surface area contributed by atoms with Crippen molar-refractivity contribution in [2.75, 3.05) is 18.0 Å². The predicted octanol–water partition coefficient (Wildman–Crippen LogP) is 4.63. The van der Waals surface area contributed by atoms with Crippen LogP contribution in [0.15, 0.2) is 42.5 Å². The van der Waals surface area contributed by atoms with Crippen molar-refractivity contribution in [2.24, 2.45) is 0 Å². The molecule has 1 fully saturated rings. The van der Waals surface area contributed by atoms with E-state index in [4.69, 9.17) is 0 Å². The molecule has 0 aromatic heterocycles. The summed E-state index contributed by atoms with van der Waals surface area (Å²) in [4.78, 5) is 2.15. The van der Waals surface area contributed by atoms with Gasteiger partial charge in [-0.1, -0.05) is 12.1 Å². The molecular weight excluding hydrogens is 294 g/mol. The number of hydrogen-bond donors (Lipinski definition) is 0. The second-order valence-corrected chi connectivity index (χ2v) is 5.58. The summed E-state index contributed by atoms with van der Waals surface area (Å²) in [5.41, 5.74) is 1.86. The Morgan fingerprint density at radius 3 is 2.52 bits per heavy atom. The molecule has 0 unspecified atom stereocenters. The van der Waals surface area contributed by atoms with Crippen molar-refractivity contribution < 1.29 is 8.78 Å². The van der Waals surface area contributed by atoms with Gasteiger partial charge in [-0.05, 0) is 54.8 Å². The predicted molar refractivity (Wildman–Crippen MR) is 87.7 cm³/mol. The van der Waals surface area contributed by atoms with Crippen molar-refractivity contribution in [3.8, 4) is 6.07 Å². The first kappa shape index (κ1) is 15.2. The molecule has 0 saturated carbocycles. The van der Waals surface area contributed by atoms with Gasteiger partial charge in [-0.2, -0.15) is 5.26 Å². The minimum absolute atomic E-state index is 0.234. The van der Waals surface area contributed by atoms with Gasteiger partial charge in [-0.15, -0.1) is 0 Å². The lowest BCUT2D eigenvalue weighted by Crippen LogP contribution is -2.17. The van der Waals surface area contributed by atoms with Crippen LogP contribution in [-0.2, 0) is 0 Å². The zero-order valence-electron chi connectivity index (χ0n) is 12.6. The van der Waals surface area contributed by atoms with E-state index in [2.05, 4.69) is 4.90 Å². The molecule has 0 amide bonds. The molecule has 0 bridgehead atoms. The second kappa shape index (κ2) is 6.62. The Kier molecular flexibility index (Phi) is 4.38. The van der Waals surface area contributed by atoms with E-state index < -0.39 is 5.82 Å². The van der Waals surface area contributed by atoms with Crippen LogP contribution in [0.3, 0.4) is 0 Å². The van der Waals surface area contributed by atoms with Crippen molar-refractivity contribution >= 4 is 17.3 Å². The fourth-order valence-electron chi connectivity index (χ4n) is 2.80. The maximum Gasteiger partial charge on any atom is 0.132 e. The lowest BCUT2D eigenvalue weighted by molar-refractivity contribution is 0.624. The van der Waals surface area contributed by atoms with E-state index in [0.29, 0.717) is 11.1 Å². The van der Waals surface area contributed by atoms with Gasteiger partial charge in [0.2, 0.25) is 0 Å². The molecule has 2 nitrogen and oxygen atoms in total. The van der Waals surface area contributed by atoms with Gasteiger partial charge in [-0.3, -0.25) is 0 Å². The number of hydrogen-bond acceptors (Lipinski definition) is 2. The van der Waals surface area contributed by atoms with E-state index in [1.165, 1.54) is 30.3 Å². The van der Waals surface area contributed by atoms with Crippen molar-refractivity contribution in [2.45, 2.75) is 12.8 Å². The maximum absolute atomic E-state index is 14.3. The summed E-state index contributed by atoms with van der Waals surface area (Å²) in [6, 6.07) is 12.8. The average Bonchev–Trinajstić information content (AvgIpc) is 3.08. The molecule has 0 N–H and O–H groups in total. The summed E-state index contributed by atoms with van der Waals surface area (Å²) in [6.07, 6.45) is 3.71. The first-order valence-electron chi connectivity index (χ1n) is 7.59. The zero-order chi connectivity index (χ0) is 16.2.